The van der Waals surface area contributed by atoms with Crippen LogP contribution in [0.15, 0.2) is 60.8 Å². The molecule has 0 aliphatic carbocycles. The topological polar surface area (TPSA) is 78.9 Å². The van der Waals surface area contributed by atoms with Crippen LogP contribution in [-0.4, -0.2) is 37.2 Å². The van der Waals surface area contributed by atoms with Crippen LogP contribution in [0.5, 0.6) is 0 Å². The molecule has 0 spiro atoms. The van der Waals surface area contributed by atoms with Crippen LogP contribution in [-0.2, 0) is 28.6 Å². The van der Waals surface area contributed by atoms with Crippen molar-refractivity contribution >= 4 is 17.9 Å². The van der Waals surface area contributed by atoms with Crippen LogP contribution in [0.25, 0.3) is 0 Å². The summed E-state index contributed by atoms with van der Waals surface area (Å²) in [6.07, 6.45) is 47.8. The van der Waals surface area contributed by atoms with Crippen molar-refractivity contribution < 1.29 is 28.6 Å². The summed E-state index contributed by atoms with van der Waals surface area (Å²) in [6.45, 7) is 6.36. The summed E-state index contributed by atoms with van der Waals surface area (Å²) in [6, 6.07) is 0. The number of ether oxygens (including phenoxy) is 3. The molecule has 6 nitrogen and oxygen atoms in total. The molecule has 0 rings (SSSR count). The zero-order chi connectivity index (χ0) is 38.0. The lowest BCUT2D eigenvalue weighted by Gasteiger charge is -2.18. The molecule has 0 aliphatic heterocycles. The Morgan fingerprint density at radius 3 is 1.23 bits per heavy atom. The summed E-state index contributed by atoms with van der Waals surface area (Å²) in [7, 11) is 0. The zero-order valence-electron chi connectivity index (χ0n) is 33.8. The maximum Gasteiger partial charge on any atom is 0.306 e. The lowest BCUT2D eigenvalue weighted by atomic mass is 10.1. The molecule has 0 bridgehead atoms. The van der Waals surface area contributed by atoms with Gasteiger partial charge in [-0.2, -0.15) is 0 Å². The summed E-state index contributed by atoms with van der Waals surface area (Å²) in [4.78, 5) is 37.6. The average Bonchev–Trinajstić information content (AvgIpc) is 3.14. The highest BCUT2D eigenvalue weighted by molar-refractivity contribution is 5.71. The van der Waals surface area contributed by atoms with Crippen LogP contribution in [0.3, 0.4) is 0 Å². The van der Waals surface area contributed by atoms with Crippen LogP contribution in [0.1, 0.15) is 194 Å². The van der Waals surface area contributed by atoms with Crippen molar-refractivity contribution in [3.05, 3.63) is 60.8 Å². The van der Waals surface area contributed by atoms with Crippen LogP contribution < -0.4 is 0 Å². The molecule has 0 saturated carbocycles. The highest BCUT2D eigenvalue weighted by atomic mass is 16.6. The largest absolute Gasteiger partial charge is 0.462 e. The van der Waals surface area contributed by atoms with Crippen molar-refractivity contribution in [3.63, 3.8) is 0 Å². The van der Waals surface area contributed by atoms with Gasteiger partial charge in [0, 0.05) is 19.3 Å². The Hall–Kier alpha value is -2.89. The van der Waals surface area contributed by atoms with E-state index in [4.69, 9.17) is 14.2 Å². The summed E-state index contributed by atoms with van der Waals surface area (Å²) >= 11 is 0. The number of unbranched alkanes of at least 4 members (excludes halogenated alkanes) is 16. The fraction of sp³-hybridized carbons (Fsp3) is 0.717. The zero-order valence-corrected chi connectivity index (χ0v) is 33.8. The number of rotatable bonds is 37. The van der Waals surface area contributed by atoms with Gasteiger partial charge in [-0.3, -0.25) is 14.4 Å². The second-order valence-electron chi connectivity index (χ2n) is 13.9. The van der Waals surface area contributed by atoms with Gasteiger partial charge in [-0.1, -0.05) is 146 Å². The molecule has 0 aromatic rings. The van der Waals surface area contributed by atoms with E-state index in [1.165, 1.54) is 57.8 Å². The normalized spacial score (nSPS) is 12.6. The molecule has 52 heavy (non-hydrogen) atoms. The molecule has 298 valence electrons. The smallest absolute Gasteiger partial charge is 0.306 e. The number of hydrogen-bond acceptors (Lipinski definition) is 6. The lowest BCUT2D eigenvalue weighted by Crippen LogP contribution is -2.30. The highest BCUT2D eigenvalue weighted by Gasteiger charge is 2.19. The molecule has 0 N–H and O–H groups in total. The van der Waals surface area contributed by atoms with E-state index in [1.807, 2.05) is 0 Å². The molecule has 0 aromatic carbocycles. The first-order valence-corrected chi connectivity index (χ1v) is 21.3. The van der Waals surface area contributed by atoms with Crippen molar-refractivity contribution in [1.29, 1.82) is 0 Å². The highest BCUT2D eigenvalue weighted by Crippen LogP contribution is 2.12. The molecule has 0 heterocycles. The monoisotopic (exact) mass is 727 g/mol. The molecular weight excluding hydrogens is 648 g/mol. The minimum atomic E-state index is -0.793. The standard InChI is InChI=1S/C46H78O6/c1-4-7-10-13-16-19-22-25-27-30-33-36-39-45(48)51-42-43(52-46(49)40-37-34-31-28-24-21-18-15-12-9-6-3)41-50-44(47)38-35-32-29-26-23-20-17-14-11-8-5-2/h7,10,14-19,25,27,43H,4-6,8-9,11-13,20-24,26,28-42H2,1-3H3/b10-7-,17-14-,18-15-,19-16-,27-25-. The van der Waals surface area contributed by atoms with Gasteiger partial charge < -0.3 is 14.2 Å². The molecule has 0 radical (unpaired) electrons. The molecule has 0 amide bonds. The number of hydrogen-bond donors (Lipinski definition) is 0. The van der Waals surface area contributed by atoms with Crippen molar-refractivity contribution in [2.75, 3.05) is 13.2 Å². The van der Waals surface area contributed by atoms with E-state index in [9.17, 15) is 14.4 Å². The number of esters is 3. The Bertz CT molecular complexity index is 975. The second-order valence-corrected chi connectivity index (χ2v) is 13.9. The fourth-order valence-corrected chi connectivity index (χ4v) is 5.47. The minimum Gasteiger partial charge on any atom is -0.462 e. The summed E-state index contributed by atoms with van der Waals surface area (Å²) in [5.74, 6) is -0.963. The van der Waals surface area contributed by atoms with Gasteiger partial charge in [0.05, 0.1) is 0 Å². The number of carbonyl (C=O) groups is 3. The molecule has 0 saturated heterocycles. The first-order valence-electron chi connectivity index (χ1n) is 21.3. The Kier molecular flexibility index (Phi) is 38.6. The first-order chi connectivity index (χ1) is 25.5. The number of allylic oxidation sites excluding steroid dienone is 10. The van der Waals surface area contributed by atoms with Crippen LogP contribution >= 0.6 is 0 Å². The third kappa shape index (κ3) is 38.3. The van der Waals surface area contributed by atoms with Gasteiger partial charge in [-0.15, -0.1) is 0 Å². The first kappa shape index (κ1) is 49.1. The van der Waals surface area contributed by atoms with Gasteiger partial charge >= 0.3 is 17.9 Å². The van der Waals surface area contributed by atoms with E-state index in [1.54, 1.807) is 0 Å². The minimum absolute atomic E-state index is 0.0951. The van der Waals surface area contributed by atoms with Crippen LogP contribution in [0.2, 0.25) is 0 Å². The van der Waals surface area contributed by atoms with Crippen molar-refractivity contribution in [2.24, 2.45) is 0 Å². The summed E-state index contributed by atoms with van der Waals surface area (Å²) < 4.78 is 16.6. The molecule has 0 aromatic heterocycles. The van der Waals surface area contributed by atoms with E-state index in [0.29, 0.717) is 19.3 Å². The second kappa shape index (κ2) is 40.9. The summed E-state index contributed by atoms with van der Waals surface area (Å²) in [5.41, 5.74) is 0. The predicted octanol–water partition coefficient (Wildman–Crippen LogP) is 13.4. The van der Waals surface area contributed by atoms with E-state index in [2.05, 4.69) is 81.5 Å². The molecule has 1 unspecified atom stereocenters. The predicted molar refractivity (Wildman–Crippen MR) is 219 cm³/mol. The van der Waals surface area contributed by atoms with Gasteiger partial charge in [0.1, 0.15) is 13.2 Å². The van der Waals surface area contributed by atoms with Crippen LogP contribution in [0.4, 0.5) is 0 Å². The third-order valence-electron chi connectivity index (χ3n) is 8.73. The molecule has 6 heteroatoms. The van der Waals surface area contributed by atoms with Gasteiger partial charge in [-0.05, 0) is 89.9 Å². The molecule has 1 atom stereocenters. The van der Waals surface area contributed by atoms with Crippen molar-refractivity contribution in [2.45, 2.75) is 200 Å². The fourth-order valence-electron chi connectivity index (χ4n) is 5.47. The van der Waals surface area contributed by atoms with E-state index in [-0.39, 0.29) is 31.1 Å². The van der Waals surface area contributed by atoms with E-state index in [0.717, 1.165) is 96.3 Å². The Morgan fingerprint density at radius 1 is 0.404 bits per heavy atom. The Labute approximate surface area is 320 Å². The van der Waals surface area contributed by atoms with Crippen molar-refractivity contribution in [3.8, 4) is 0 Å². The number of carbonyl (C=O) groups excluding carboxylic acids is 3. The third-order valence-corrected chi connectivity index (χ3v) is 8.73. The maximum atomic E-state index is 12.7. The van der Waals surface area contributed by atoms with Gasteiger partial charge in [0.25, 0.3) is 0 Å². The molecule has 0 fully saturated rings. The molecular formula is C46H78O6. The van der Waals surface area contributed by atoms with Gasteiger partial charge in [-0.25, -0.2) is 0 Å². The van der Waals surface area contributed by atoms with E-state index >= 15 is 0 Å². The SMILES string of the molecule is CC/C=C\C/C=C\C/C=C\CCCCC(=O)OCC(COC(=O)CCCCCCC/C=C\CCCC)OC(=O)CCCCCCC/C=C\CCCC. The average molecular weight is 727 g/mol. The Morgan fingerprint density at radius 2 is 0.750 bits per heavy atom. The van der Waals surface area contributed by atoms with Crippen LogP contribution in [0, 0.1) is 0 Å². The summed E-state index contributed by atoms with van der Waals surface area (Å²) in [5, 5.41) is 0. The Balaban J connectivity index is 4.47. The quantitative estimate of drug-likeness (QED) is 0.0274. The van der Waals surface area contributed by atoms with Crippen molar-refractivity contribution in [1.82, 2.24) is 0 Å². The molecule has 0 aliphatic rings. The van der Waals surface area contributed by atoms with Gasteiger partial charge in [0.15, 0.2) is 6.10 Å². The maximum absolute atomic E-state index is 12.7. The van der Waals surface area contributed by atoms with Gasteiger partial charge in [0.2, 0.25) is 0 Å². The lowest BCUT2D eigenvalue weighted by molar-refractivity contribution is -0.167. The van der Waals surface area contributed by atoms with E-state index < -0.39 is 6.10 Å².